The van der Waals surface area contributed by atoms with E-state index in [1.54, 1.807) is 0 Å². The van der Waals surface area contributed by atoms with E-state index in [1.807, 2.05) is 0 Å². The van der Waals surface area contributed by atoms with Crippen molar-refractivity contribution < 1.29 is 9.47 Å². The molecule has 0 amide bonds. The maximum absolute atomic E-state index is 5.98. The number of fused-ring (bicyclic) bond motifs is 8. The second kappa shape index (κ2) is 19.6. The first-order valence-corrected chi connectivity index (χ1v) is 29.8. The van der Waals surface area contributed by atoms with Crippen LogP contribution in [-0.2, 0) is 22.6 Å². The number of aryl methyl sites for hydroxylation is 2. The minimum absolute atomic E-state index is 0.0611. The van der Waals surface area contributed by atoms with Crippen LogP contribution in [0.25, 0.3) is 78.0 Å². The number of ether oxygens (including phenoxy) is 2. The fourth-order valence-electron chi connectivity index (χ4n) is 12.3. The lowest BCUT2D eigenvalue weighted by atomic mass is 9.95. The molecule has 2 atom stereocenters. The van der Waals surface area contributed by atoms with Crippen LogP contribution >= 0.6 is 0 Å². The van der Waals surface area contributed by atoms with E-state index in [4.69, 9.17) is 9.47 Å². The number of rotatable bonds is 18. The van der Waals surface area contributed by atoms with Crippen LogP contribution in [0.3, 0.4) is 0 Å². The lowest BCUT2D eigenvalue weighted by Crippen LogP contribution is -2.41. The molecule has 2 aliphatic carbocycles. The van der Waals surface area contributed by atoms with E-state index in [9.17, 15) is 0 Å². The van der Waals surface area contributed by atoms with Crippen molar-refractivity contribution >= 4 is 63.8 Å². The average molecular weight is 945 g/mol. The predicted molar refractivity (Wildman–Crippen MR) is 304 cm³/mol. The summed E-state index contributed by atoms with van der Waals surface area (Å²) in [6.07, 6.45) is 17.0. The Bertz CT molecular complexity index is 3250. The SMILES string of the molecule is CC1=Cc2c(-c3ccc4c(c3)c3ccccc3n4CCCCCCOC(C)(C)C)cccc2C1[Si](C)(C)C1C=Cc2c(-c3ccc4c(c3)c3ccccc3n4CCCCCCOC(C)(C)C)cccc21. The van der Waals surface area contributed by atoms with Gasteiger partial charge in [-0.3, -0.25) is 0 Å². The number of nitrogens with zero attached hydrogens (tertiary/aromatic N) is 2. The number of hydrogen-bond donors (Lipinski definition) is 0. The Morgan fingerprint density at radius 3 is 1.49 bits per heavy atom. The molecule has 0 aliphatic heterocycles. The van der Waals surface area contributed by atoms with Gasteiger partial charge >= 0.3 is 0 Å². The van der Waals surface area contributed by atoms with Crippen LogP contribution in [0.4, 0.5) is 0 Å². The third-order valence-corrected chi connectivity index (χ3v) is 19.9. The number of benzene rings is 6. The minimum Gasteiger partial charge on any atom is -0.376 e. The topological polar surface area (TPSA) is 28.3 Å². The van der Waals surface area contributed by atoms with Crippen LogP contribution in [0.5, 0.6) is 0 Å². The molecule has 2 unspecified atom stereocenters. The molecule has 362 valence electrons. The quantitative estimate of drug-likeness (QED) is 0.0633. The molecule has 70 heavy (non-hydrogen) atoms. The van der Waals surface area contributed by atoms with Crippen molar-refractivity contribution in [1.29, 1.82) is 0 Å². The fraction of sp³-hybridized carbons (Fsp3) is 0.385. The number of allylic oxidation sites excluding steroid dienone is 2. The van der Waals surface area contributed by atoms with Gasteiger partial charge in [0.1, 0.15) is 0 Å². The third kappa shape index (κ3) is 9.54. The molecule has 5 heteroatoms. The van der Waals surface area contributed by atoms with Crippen molar-refractivity contribution in [2.24, 2.45) is 0 Å². The largest absolute Gasteiger partial charge is 0.376 e. The molecule has 0 spiro atoms. The van der Waals surface area contributed by atoms with Gasteiger partial charge in [0.25, 0.3) is 0 Å². The molecule has 2 aliphatic rings. The number of hydrogen-bond acceptors (Lipinski definition) is 2. The van der Waals surface area contributed by atoms with Gasteiger partial charge in [-0.25, -0.2) is 0 Å². The summed E-state index contributed by atoms with van der Waals surface area (Å²) in [4.78, 5) is 0. The molecule has 6 aromatic carbocycles. The second-order valence-electron chi connectivity index (χ2n) is 23.1. The van der Waals surface area contributed by atoms with Gasteiger partial charge in [-0.1, -0.05) is 148 Å². The van der Waals surface area contributed by atoms with Gasteiger partial charge < -0.3 is 18.6 Å². The van der Waals surface area contributed by atoms with Gasteiger partial charge in [-0.15, -0.1) is 0 Å². The number of unbranched alkanes of at least 4 members (excludes halogenated alkanes) is 6. The number of para-hydroxylation sites is 2. The van der Waals surface area contributed by atoms with E-state index in [0.29, 0.717) is 11.1 Å². The van der Waals surface area contributed by atoms with Gasteiger partial charge in [-0.05, 0) is 161 Å². The van der Waals surface area contributed by atoms with Crippen molar-refractivity contribution in [3.8, 4) is 22.3 Å². The zero-order chi connectivity index (χ0) is 48.8. The third-order valence-electron chi connectivity index (χ3n) is 15.5. The van der Waals surface area contributed by atoms with E-state index >= 15 is 0 Å². The highest BCUT2D eigenvalue weighted by atomic mass is 28.3. The Morgan fingerprint density at radius 2 is 0.957 bits per heavy atom. The number of aromatic nitrogens is 2. The van der Waals surface area contributed by atoms with Gasteiger partial charge in [-0.2, -0.15) is 0 Å². The van der Waals surface area contributed by atoms with Crippen LogP contribution < -0.4 is 0 Å². The first-order valence-electron chi connectivity index (χ1n) is 26.6. The van der Waals surface area contributed by atoms with E-state index in [2.05, 4.69) is 210 Å². The summed E-state index contributed by atoms with van der Waals surface area (Å²) in [5.41, 5.74) is 18.7. The lowest BCUT2D eigenvalue weighted by Gasteiger charge is -2.37. The Balaban J connectivity index is 0.889. The van der Waals surface area contributed by atoms with Gasteiger partial charge in [0.2, 0.25) is 0 Å². The van der Waals surface area contributed by atoms with Crippen LogP contribution in [0.15, 0.2) is 133 Å². The monoisotopic (exact) mass is 945 g/mol. The van der Waals surface area contributed by atoms with E-state index < -0.39 is 8.07 Å². The highest BCUT2D eigenvalue weighted by molar-refractivity contribution is 6.81. The Morgan fingerprint density at radius 1 is 0.486 bits per heavy atom. The molecular formula is C65H76N2O2Si. The zero-order valence-corrected chi connectivity index (χ0v) is 44.6. The van der Waals surface area contributed by atoms with Crippen molar-refractivity contribution in [3.63, 3.8) is 0 Å². The van der Waals surface area contributed by atoms with Gasteiger partial charge in [0.15, 0.2) is 0 Å². The molecule has 2 heterocycles. The van der Waals surface area contributed by atoms with Gasteiger partial charge in [0, 0.05) is 75.5 Å². The van der Waals surface area contributed by atoms with Gasteiger partial charge in [0.05, 0.1) is 19.3 Å². The summed E-state index contributed by atoms with van der Waals surface area (Å²) >= 11 is 0. The van der Waals surface area contributed by atoms with E-state index in [1.165, 1.54) is 132 Å². The second-order valence-corrected chi connectivity index (χ2v) is 28.0. The molecular weight excluding hydrogens is 869 g/mol. The minimum atomic E-state index is -2.04. The summed E-state index contributed by atoms with van der Waals surface area (Å²) in [6, 6.07) is 46.8. The average Bonchev–Trinajstić information content (AvgIpc) is 4.09. The maximum Gasteiger partial charge on any atom is 0.0718 e. The molecule has 0 saturated carbocycles. The highest BCUT2D eigenvalue weighted by Gasteiger charge is 2.45. The predicted octanol–water partition coefficient (Wildman–Crippen LogP) is 18.1. The lowest BCUT2D eigenvalue weighted by molar-refractivity contribution is -0.00512. The standard InChI is InChI=1S/C65H76N2O2Si/c1-45-42-55-49(47-33-36-61-57(44-47)52-25-15-17-31-59(52)67(61)39-19-11-13-21-41-69-65(5,6)7)27-23-29-54(55)63(45)70(8,9)62-37-34-50-48(26-22-28-53(50)62)46-32-35-60-56(43-46)51-24-14-16-30-58(51)66(60)38-18-10-12-20-40-68-64(2,3)4/h14-17,22-37,42-44,62-63H,10-13,18-21,38-41H2,1-9H3. The van der Waals surface area contributed by atoms with Crippen molar-refractivity contribution in [1.82, 2.24) is 9.13 Å². The van der Waals surface area contributed by atoms with Crippen LogP contribution in [0.2, 0.25) is 13.1 Å². The fourth-order valence-corrected chi connectivity index (χ4v) is 16.7. The molecule has 8 aromatic rings. The van der Waals surface area contributed by atoms with Crippen LogP contribution in [0, 0.1) is 0 Å². The molecule has 0 radical (unpaired) electrons. The Kier molecular flexibility index (Phi) is 13.5. The van der Waals surface area contributed by atoms with E-state index in [0.717, 1.165) is 39.1 Å². The normalized spacial score (nSPS) is 16.0. The molecule has 0 N–H and O–H groups in total. The van der Waals surface area contributed by atoms with Crippen LogP contribution in [-0.4, -0.2) is 41.6 Å². The summed E-state index contributed by atoms with van der Waals surface area (Å²) in [6.45, 7) is 24.3. The first-order chi connectivity index (χ1) is 33.7. The molecule has 2 aromatic heterocycles. The molecule has 0 bridgehead atoms. The Hall–Kier alpha value is -5.46. The maximum atomic E-state index is 5.98. The van der Waals surface area contributed by atoms with E-state index in [-0.39, 0.29) is 11.2 Å². The summed E-state index contributed by atoms with van der Waals surface area (Å²) in [5, 5.41) is 5.40. The molecule has 0 saturated heterocycles. The molecule has 10 rings (SSSR count). The Labute approximate surface area is 419 Å². The van der Waals surface area contributed by atoms with Crippen molar-refractivity contribution in [2.45, 2.75) is 148 Å². The summed E-state index contributed by atoms with van der Waals surface area (Å²) < 4.78 is 17.1. The highest BCUT2D eigenvalue weighted by Crippen LogP contribution is 2.52. The zero-order valence-electron chi connectivity index (χ0n) is 43.6. The van der Waals surface area contributed by atoms with Crippen molar-refractivity contribution in [3.05, 3.63) is 155 Å². The summed E-state index contributed by atoms with van der Waals surface area (Å²) in [5.74, 6) is 0. The first kappa shape index (κ1) is 48.2. The molecule has 0 fully saturated rings. The van der Waals surface area contributed by atoms with Crippen molar-refractivity contribution in [2.75, 3.05) is 13.2 Å². The smallest absolute Gasteiger partial charge is 0.0718 e. The van der Waals surface area contributed by atoms with Crippen LogP contribution in [0.1, 0.15) is 133 Å². The summed E-state index contributed by atoms with van der Waals surface area (Å²) in [7, 11) is -2.04. The molecule has 4 nitrogen and oxygen atoms in total.